The molecule has 1 heterocycles. The van der Waals surface area contributed by atoms with Crippen LogP contribution in [0.2, 0.25) is 5.02 Å². The van der Waals surface area contributed by atoms with Crippen LogP contribution in [0.15, 0.2) is 72.7 Å². The van der Waals surface area contributed by atoms with E-state index in [1.165, 1.54) is 12.4 Å². The van der Waals surface area contributed by atoms with Crippen molar-refractivity contribution in [2.75, 3.05) is 5.32 Å². The van der Waals surface area contributed by atoms with E-state index in [0.717, 1.165) is 23.9 Å². The molecular weight excluding hydrogens is 437 g/mol. The van der Waals surface area contributed by atoms with Gasteiger partial charge >= 0.3 is 6.18 Å². The van der Waals surface area contributed by atoms with Gasteiger partial charge in [0, 0.05) is 11.6 Å². The summed E-state index contributed by atoms with van der Waals surface area (Å²) in [6.45, 7) is 4.09. The maximum atomic E-state index is 13.4. The number of amides is 1. The number of hydrogen-bond acceptors (Lipinski definition) is 4. The molecule has 5 nitrogen and oxygen atoms in total. The maximum absolute atomic E-state index is 13.4. The first-order valence-corrected chi connectivity index (χ1v) is 9.93. The summed E-state index contributed by atoms with van der Waals surface area (Å²) < 4.78 is 41.9. The SMILES string of the molecule is C=CCn1cnnc1SC(C(=O)Nc1ccc(Cl)cc1C(F)(F)F)c1ccccc1. The fourth-order valence-corrected chi connectivity index (χ4v) is 3.86. The summed E-state index contributed by atoms with van der Waals surface area (Å²) in [6.07, 6.45) is -1.54. The van der Waals surface area contributed by atoms with Crippen LogP contribution in [0.1, 0.15) is 16.4 Å². The zero-order chi connectivity index (χ0) is 21.7. The van der Waals surface area contributed by atoms with Crippen LogP contribution in [0.25, 0.3) is 0 Å². The first kappa shape index (κ1) is 21.9. The summed E-state index contributed by atoms with van der Waals surface area (Å²) in [4.78, 5) is 13.1. The number of carbonyl (C=O) groups excluding carboxylic acids is 1. The lowest BCUT2D eigenvalue weighted by atomic mass is 10.1. The predicted molar refractivity (Wildman–Crippen MR) is 110 cm³/mol. The second kappa shape index (κ2) is 9.36. The van der Waals surface area contributed by atoms with Crippen LogP contribution in [0.3, 0.4) is 0 Å². The van der Waals surface area contributed by atoms with Crippen molar-refractivity contribution >= 4 is 35.0 Å². The lowest BCUT2D eigenvalue weighted by molar-refractivity contribution is -0.137. The molecule has 0 aliphatic carbocycles. The molecule has 0 spiro atoms. The van der Waals surface area contributed by atoms with Crippen molar-refractivity contribution in [3.05, 3.63) is 83.7 Å². The van der Waals surface area contributed by atoms with E-state index in [-0.39, 0.29) is 10.7 Å². The van der Waals surface area contributed by atoms with E-state index in [2.05, 4.69) is 22.1 Å². The molecule has 30 heavy (non-hydrogen) atoms. The van der Waals surface area contributed by atoms with Crippen LogP contribution < -0.4 is 5.32 Å². The largest absolute Gasteiger partial charge is 0.418 e. The van der Waals surface area contributed by atoms with Crippen molar-refractivity contribution in [2.24, 2.45) is 0 Å². The van der Waals surface area contributed by atoms with Crippen LogP contribution in [-0.4, -0.2) is 20.7 Å². The Morgan fingerprint density at radius 2 is 2.00 bits per heavy atom. The van der Waals surface area contributed by atoms with E-state index in [9.17, 15) is 18.0 Å². The van der Waals surface area contributed by atoms with Gasteiger partial charge in [-0.3, -0.25) is 4.79 Å². The van der Waals surface area contributed by atoms with Gasteiger partial charge in [0.05, 0.1) is 11.3 Å². The average molecular weight is 453 g/mol. The van der Waals surface area contributed by atoms with Crippen molar-refractivity contribution in [1.82, 2.24) is 14.8 Å². The monoisotopic (exact) mass is 452 g/mol. The second-order valence-corrected chi connectivity index (χ2v) is 7.65. The van der Waals surface area contributed by atoms with Gasteiger partial charge in [-0.05, 0) is 23.8 Å². The fourth-order valence-electron chi connectivity index (χ4n) is 2.66. The molecule has 0 fully saturated rings. The minimum Gasteiger partial charge on any atom is -0.324 e. The number of rotatable bonds is 7. The van der Waals surface area contributed by atoms with Crippen LogP contribution in [-0.2, 0) is 17.5 Å². The van der Waals surface area contributed by atoms with E-state index < -0.39 is 22.9 Å². The Morgan fingerprint density at radius 3 is 2.67 bits per heavy atom. The molecule has 0 radical (unpaired) electrons. The van der Waals surface area contributed by atoms with Crippen LogP contribution in [0.5, 0.6) is 0 Å². The molecular formula is C20H16ClF3N4OS. The summed E-state index contributed by atoms with van der Waals surface area (Å²) in [5.41, 5.74) is -0.781. The third kappa shape index (κ3) is 5.22. The first-order chi connectivity index (χ1) is 14.3. The Balaban J connectivity index is 1.94. The molecule has 0 aliphatic heterocycles. The number of carbonyl (C=O) groups is 1. The number of aromatic nitrogens is 3. The Morgan fingerprint density at radius 1 is 1.27 bits per heavy atom. The number of thioether (sulfide) groups is 1. The van der Waals surface area contributed by atoms with E-state index in [1.807, 2.05) is 0 Å². The minimum atomic E-state index is -4.67. The third-order valence-electron chi connectivity index (χ3n) is 4.01. The molecule has 3 rings (SSSR count). The van der Waals surface area contributed by atoms with Crippen molar-refractivity contribution in [1.29, 1.82) is 0 Å². The number of allylic oxidation sites excluding steroid dienone is 1. The number of anilines is 1. The van der Waals surface area contributed by atoms with E-state index in [4.69, 9.17) is 11.6 Å². The van der Waals surface area contributed by atoms with Gasteiger partial charge in [0.2, 0.25) is 5.91 Å². The molecule has 1 unspecified atom stereocenters. The molecule has 2 aromatic carbocycles. The number of alkyl halides is 3. The quantitative estimate of drug-likeness (QED) is 0.374. The van der Waals surface area contributed by atoms with Crippen molar-refractivity contribution < 1.29 is 18.0 Å². The van der Waals surface area contributed by atoms with Crippen molar-refractivity contribution in [2.45, 2.75) is 23.1 Å². The van der Waals surface area contributed by atoms with E-state index >= 15 is 0 Å². The maximum Gasteiger partial charge on any atom is 0.418 e. The Bertz CT molecular complexity index is 1040. The molecule has 1 atom stereocenters. The van der Waals surface area contributed by atoms with Gasteiger partial charge in [-0.25, -0.2) is 0 Å². The molecule has 1 aromatic heterocycles. The molecule has 10 heteroatoms. The van der Waals surface area contributed by atoms with E-state index in [0.29, 0.717) is 17.3 Å². The first-order valence-electron chi connectivity index (χ1n) is 8.67. The molecule has 0 saturated heterocycles. The van der Waals surface area contributed by atoms with Gasteiger partial charge in [-0.2, -0.15) is 13.2 Å². The van der Waals surface area contributed by atoms with Crippen LogP contribution in [0, 0.1) is 0 Å². The zero-order valence-electron chi connectivity index (χ0n) is 15.4. The van der Waals surface area contributed by atoms with Gasteiger partial charge in [-0.1, -0.05) is 59.8 Å². The molecule has 3 aromatic rings. The van der Waals surface area contributed by atoms with Gasteiger partial charge in [0.1, 0.15) is 11.6 Å². The molecule has 156 valence electrons. The second-order valence-electron chi connectivity index (χ2n) is 6.14. The Hall–Kier alpha value is -2.78. The minimum absolute atomic E-state index is 0.0770. The Kier molecular flexibility index (Phi) is 6.84. The number of halogens is 4. The van der Waals surface area contributed by atoms with Gasteiger partial charge in [-0.15, -0.1) is 16.8 Å². The highest BCUT2D eigenvalue weighted by atomic mass is 35.5. The van der Waals surface area contributed by atoms with Crippen molar-refractivity contribution in [3.63, 3.8) is 0 Å². The highest BCUT2D eigenvalue weighted by Gasteiger charge is 2.35. The molecule has 1 N–H and O–H groups in total. The standard InChI is InChI=1S/C20H16ClF3N4OS/c1-2-10-28-12-25-27-19(28)30-17(13-6-4-3-5-7-13)18(29)26-16-9-8-14(21)11-15(16)20(22,23)24/h2-9,11-12,17H,1,10H2,(H,26,29). The molecule has 1 amide bonds. The summed E-state index contributed by atoms with van der Waals surface area (Å²) >= 11 is 6.80. The number of benzene rings is 2. The van der Waals surface area contributed by atoms with Crippen LogP contribution >= 0.6 is 23.4 Å². The smallest absolute Gasteiger partial charge is 0.324 e. The average Bonchev–Trinajstić information content (AvgIpc) is 3.14. The zero-order valence-corrected chi connectivity index (χ0v) is 17.0. The summed E-state index contributed by atoms with van der Waals surface area (Å²) in [5, 5.41) is 9.73. The summed E-state index contributed by atoms with van der Waals surface area (Å²) in [7, 11) is 0. The number of nitrogens with zero attached hydrogens (tertiary/aromatic N) is 3. The molecule has 0 bridgehead atoms. The highest BCUT2D eigenvalue weighted by molar-refractivity contribution is 8.00. The Labute approximate surface area is 180 Å². The van der Waals surface area contributed by atoms with Gasteiger partial charge < -0.3 is 9.88 Å². The lowest BCUT2D eigenvalue weighted by Gasteiger charge is -2.19. The third-order valence-corrected chi connectivity index (χ3v) is 5.50. The summed E-state index contributed by atoms with van der Waals surface area (Å²) in [5.74, 6) is -0.632. The lowest BCUT2D eigenvalue weighted by Crippen LogP contribution is -2.22. The number of hydrogen-bond donors (Lipinski definition) is 1. The van der Waals surface area contributed by atoms with Crippen LogP contribution in [0.4, 0.5) is 18.9 Å². The molecule has 0 aliphatic rings. The van der Waals surface area contributed by atoms with Gasteiger partial charge in [0.25, 0.3) is 0 Å². The topological polar surface area (TPSA) is 59.8 Å². The molecule has 0 saturated carbocycles. The normalized spacial score (nSPS) is 12.4. The fraction of sp³-hybridized carbons (Fsp3) is 0.150. The van der Waals surface area contributed by atoms with E-state index in [1.54, 1.807) is 41.0 Å². The van der Waals surface area contributed by atoms with Crippen molar-refractivity contribution in [3.8, 4) is 0 Å². The number of nitrogens with one attached hydrogen (secondary N) is 1. The predicted octanol–water partition coefficient (Wildman–Crippen LogP) is 5.61. The summed E-state index contributed by atoms with van der Waals surface area (Å²) in [6, 6.07) is 11.9. The highest BCUT2D eigenvalue weighted by Crippen LogP contribution is 2.39. The van der Waals surface area contributed by atoms with Gasteiger partial charge in [0.15, 0.2) is 5.16 Å².